The predicted molar refractivity (Wildman–Crippen MR) is 78.8 cm³/mol. The minimum atomic E-state index is -3.71. The lowest BCUT2D eigenvalue weighted by Gasteiger charge is -2.14. The lowest BCUT2D eigenvalue weighted by atomic mass is 9.96. The average Bonchev–Trinajstić information content (AvgIpc) is 3.27. The van der Waals surface area contributed by atoms with Gasteiger partial charge in [-0.1, -0.05) is 12.1 Å². The lowest BCUT2D eigenvalue weighted by Crippen LogP contribution is -2.28. The van der Waals surface area contributed by atoms with Gasteiger partial charge in [0.1, 0.15) is 5.82 Å². The van der Waals surface area contributed by atoms with Gasteiger partial charge in [0.25, 0.3) is 0 Å². The summed E-state index contributed by atoms with van der Waals surface area (Å²) < 4.78 is 34.9. The number of amides is 1. The minimum Gasteiger partial charge on any atom is -0.394 e. The predicted octanol–water partition coefficient (Wildman–Crippen LogP) is 2.98. The molecule has 122 valence electrons. The number of aryl methyl sites for hydroxylation is 1. The normalized spacial score (nSPS) is 18.6. The molecule has 1 aromatic carbocycles. The molecule has 1 aliphatic carbocycles. The smallest absolute Gasteiger partial charge is 0.394 e. The Morgan fingerprint density at radius 1 is 1.29 bits per heavy atom. The third-order valence-electron chi connectivity index (χ3n) is 4.11. The molecule has 0 atom stereocenters. The van der Waals surface area contributed by atoms with Gasteiger partial charge in [0.2, 0.25) is 11.7 Å². The molecular weight excluding hydrogens is 318 g/mol. The molecule has 1 aromatic heterocycles. The van der Waals surface area contributed by atoms with Gasteiger partial charge in [0.15, 0.2) is 5.75 Å². The number of halogens is 2. The first-order chi connectivity index (χ1) is 11.4. The Balaban J connectivity index is 1.58. The highest BCUT2D eigenvalue weighted by Crippen LogP contribution is 2.51. The summed E-state index contributed by atoms with van der Waals surface area (Å²) in [5.41, 5.74) is 0.611. The monoisotopic (exact) mass is 330 g/mol. The second kappa shape index (κ2) is 4.81. The Bertz CT molecular complexity index is 817. The molecule has 1 aliphatic heterocycles. The van der Waals surface area contributed by atoms with E-state index in [-0.39, 0.29) is 17.4 Å². The van der Waals surface area contributed by atoms with Gasteiger partial charge >= 0.3 is 6.29 Å². The molecule has 1 fully saturated rings. The first kappa shape index (κ1) is 14.7. The van der Waals surface area contributed by atoms with Crippen molar-refractivity contribution in [2.45, 2.75) is 31.5 Å². The zero-order valence-electron chi connectivity index (χ0n) is 12.7. The van der Waals surface area contributed by atoms with E-state index in [9.17, 15) is 13.6 Å². The van der Waals surface area contributed by atoms with E-state index in [0.717, 1.165) is 5.56 Å². The Kier molecular flexibility index (Phi) is 2.94. The van der Waals surface area contributed by atoms with E-state index in [0.29, 0.717) is 24.2 Å². The molecule has 0 unspecified atom stereocenters. The quantitative estimate of drug-likeness (QED) is 0.940. The lowest BCUT2D eigenvalue weighted by molar-refractivity contribution is -0.286. The summed E-state index contributed by atoms with van der Waals surface area (Å²) in [6.07, 6.45) is -0.885. The van der Waals surface area contributed by atoms with Crippen LogP contribution in [0.3, 0.4) is 0 Å². The Morgan fingerprint density at radius 2 is 2.08 bits per heavy atom. The van der Waals surface area contributed by atoms with E-state index >= 15 is 0 Å². The van der Waals surface area contributed by atoms with Gasteiger partial charge in [-0.3, -0.25) is 4.79 Å². The van der Waals surface area contributed by atoms with Crippen molar-refractivity contribution >= 4 is 11.7 Å². The third kappa shape index (κ3) is 2.40. The van der Waals surface area contributed by atoms with Gasteiger partial charge in [-0.25, -0.2) is 4.98 Å². The Morgan fingerprint density at radius 3 is 2.75 bits per heavy atom. The summed E-state index contributed by atoms with van der Waals surface area (Å²) >= 11 is 0. The Labute approximate surface area is 136 Å². The topological polar surface area (TPSA) is 60.5 Å². The molecule has 1 N–H and O–H groups in total. The standard InChI is InChI=1S/C17H12F2N2O3/c1-10-2-5-14(20-9-10)21-15(22)16(6-7-16)11-3-4-12-13(8-11)24-17(18,19)23-12/h2,5,8-9H,6-7H2,1H3,(H,20,21,22). The third-order valence-corrected chi connectivity index (χ3v) is 4.11. The number of aromatic nitrogens is 1. The molecule has 7 heteroatoms. The number of pyridine rings is 1. The van der Waals surface area contributed by atoms with Crippen molar-refractivity contribution in [3.05, 3.63) is 47.7 Å². The molecule has 0 spiro atoms. The molecular formula is C17H12F2N2O3. The van der Waals surface area contributed by atoms with Crippen LogP contribution in [0.15, 0.2) is 24.4 Å². The maximum atomic E-state index is 13.1. The van der Waals surface area contributed by atoms with Crippen LogP contribution in [0, 0.1) is 19.1 Å². The summed E-state index contributed by atoms with van der Waals surface area (Å²) in [6, 6.07) is 10.1. The zero-order chi connectivity index (χ0) is 16.9. The van der Waals surface area contributed by atoms with Crippen LogP contribution in [0.25, 0.3) is 0 Å². The number of carbonyl (C=O) groups is 1. The fourth-order valence-electron chi connectivity index (χ4n) is 2.62. The first-order valence-corrected chi connectivity index (χ1v) is 7.36. The van der Waals surface area contributed by atoms with Gasteiger partial charge in [0, 0.05) is 11.8 Å². The SMILES string of the molecule is Cc1ccc(NC(=O)C2(c3c#cc4c(c3)OC(F)(F)O4)CC2)nc1. The number of fused-ring (bicyclic) bond motifs is 1. The van der Waals surface area contributed by atoms with E-state index in [1.54, 1.807) is 12.3 Å². The highest BCUT2D eigenvalue weighted by molar-refractivity contribution is 6.00. The molecule has 0 radical (unpaired) electrons. The molecule has 24 heavy (non-hydrogen) atoms. The molecule has 2 heterocycles. The molecule has 4 rings (SSSR count). The van der Waals surface area contributed by atoms with Gasteiger partial charge in [0.05, 0.1) is 5.41 Å². The molecule has 1 saturated carbocycles. The number of hydrogen-bond acceptors (Lipinski definition) is 4. The number of hydrogen-bond donors (Lipinski definition) is 1. The van der Waals surface area contributed by atoms with Crippen LogP contribution in [-0.2, 0) is 10.2 Å². The van der Waals surface area contributed by atoms with Gasteiger partial charge < -0.3 is 14.8 Å². The van der Waals surface area contributed by atoms with Crippen LogP contribution >= 0.6 is 0 Å². The molecule has 0 saturated heterocycles. The number of carbonyl (C=O) groups excluding carboxylic acids is 1. The fourth-order valence-corrected chi connectivity index (χ4v) is 2.62. The molecule has 2 aromatic rings. The van der Waals surface area contributed by atoms with Crippen LogP contribution in [0.4, 0.5) is 14.6 Å². The molecule has 2 aliphatic rings. The Hall–Kier alpha value is -2.88. The van der Waals surface area contributed by atoms with Crippen molar-refractivity contribution in [1.29, 1.82) is 0 Å². The minimum absolute atomic E-state index is 0.138. The van der Waals surface area contributed by atoms with Crippen LogP contribution in [0.5, 0.6) is 11.5 Å². The summed E-state index contributed by atoms with van der Waals surface area (Å²) in [4.78, 5) is 16.7. The van der Waals surface area contributed by atoms with Crippen molar-refractivity contribution in [1.82, 2.24) is 4.98 Å². The van der Waals surface area contributed by atoms with Gasteiger partial charge in [-0.2, -0.15) is 0 Å². The second-order valence-corrected chi connectivity index (χ2v) is 5.93. The largest absolute Gasteiger partial charge is 0.586 e. The highest BCUT2D eigenvalue weighted by Gasteiger charge is 2.53. The number of nitrogens with zero attached hydrogens (tertiary/aromatic N) is 1. The maximum absolute atomic E-state index is 13.1. The van der Waals surface area contributed by atoms with E-state index in [2.05, 4.69) is 31.9 Å². The second-order valence-electron chi connectivity index (χ2n) is 5.93. The van der Waals surface area contributed by atoms with Crippen LogP contribution < -0.4 is 14.8 Å². The number of alkyl halides is 2. The van der Waals surface area contributed by atoms with E-state index < -0.39 is 11.7 Å². The molecule has 5 nitrogen and oxygen atoms in total. The average molecular weight is 330 g/mol. The van der Waals surface area contributed by atoms with Crippen LogP contribution in [0.2, 0.25) is 0 Å². The van der Waals surface area contributed by atoms with E-state index in [1.165, 1.54) is 6.07 Å². The van der Waals surface area contributed by atoms with E-state index in [4.69, 9.17) is 0 Å². The van der Waals surface area contributed by atoms with Gasteiger partial charge in [-0.05, 0) is 43.5 Å². The molecule has 1 amide bonds. The number of ether oxygens (including phenoxy) is 2. The summed E-state index contributed by atoms with van der Waals surface area (Å²) in [5.74, 6) is -0.163. The zero-order valence-corrected chi connectivity index (χ0v) is 12.7. The first-order valence-electron chi connectivity index (χ1n) is 7.36. The highest BCUT2D eigenvalue weighted by atomic mass is 19.3. The summed E-state index contributed by atoms with van der Waals surface area (Å²) in [5, 5.41) is 2.75. The van der Waals surface area contributed by atoms with Crippen molar-refractivity contribution in [3.63, 3.8) is 0 Å². The van der Waals surface area contributed by atoms with E-state index in [1.807, 2.05) is 13.0 Å². The van der Waals surface area contributed by atoms with Crippen molar-refractivity contribution in [2.24, 2.45) is 0 Å². The van der Waals surface area contributed by atoms with Crippen LogP contribution in [-0.4, -0.2) is 17.2 Å². The molecule has 0 bridgehead atoms. The fraction of sp³-hybridized carbons (Fsp3) is 0.294. The number of nitrogens with one attached hydrogen (secondary N) is 1. The number of rotatable bonds is 3. The van der Waals surface area contributed by atoms with Crippen LogP contribution in [0.1, 0.15) is 24.0 Å². The number of anilines is 1. The van der Waals surface area contributed by atoms with Crippen molar-refractivity contribution < 1.29 is 23.0 Å². The summed E-state index contributed by atoms with van der Waals surface area (Å²) in [7, 11) is 0. The maximum Gasteiger partial charge on any atom is 0.586 e. The van der Waals surface area contributed by atoms with Gasteiger partial charge in [-0.15, -0.1) is 8.78 Å². The summed E-state index contributed by atoms with van der Waals surface area (Å²) in [6.45, 7) is 1.90. The van der Waals surface area contributed by atoms with Crippen molar-refractivity contribution in [3.8, 4) is 11.5 Å². The van der Waals surface area contributed by atoms with Crippen molar-refractivity contribution in [2.75, 3.05) is 5.32 Å².